The summed E-state index contributed by atoms with van der Waals surface area (Å²) >= 11 is 5.78. The molecule has 112 valence electrons. The molecule has 1 aliphatic rings. The van der Waals surface area contributed by atoms with Crippen LogP contribution >= 0.6 is 11.6 Å². The number of alkyl halides is 2. The lowest BCUT2D eigenvalue weighted by molar-refractivity contribution is 0.148. The summed E-state index contributed by atoms with van der Waals surface area (Å²) in [4.78, 5) is 4.00. The lowest BCUT2D eigenvalue weighted by atomic mass is 9.92. The maximum Gasteiger partial charge on any atom is 0.265 e. The lowest BCUT2D eigenvalue weighted by Crippen LogP contribution is -2.38. The Bertz CT molecular complexity index is 595. The van der Waals surface area contributed by atoms with E-state index < -0.39 is 16.4 Å². The molecule has 4 nitrogen and oxygen atoms in total. The topological polar surface area (TPSA) is 50.3 Å². The summed E-state index contributed by atoms with van der Waals surface area (Å²) < 4.78 is 50.5. The van der Waals surface area contributed by atoms with Gasteiger partial charge in [0, 0.05) is 24.6 Å². The fourth-order valence-electron chi connectivity index (χ4n) is 2.44. The maximum atomic E-state index is 13.0. The van der Waals surface area contributed by atoms with Gasteiger partial charge in [0.15, 0.2) is 0 Å². The van der Waals surface area contributed by atoms with E-state index in [1.807, 2.05) is 0 Å². The summed E-state index contributed by atoms with van der Waals surface area (Å²) in [6.07, 6.45) is -0.286. The highest BCUT2D eigenvalue weighted by atomic mass is 35.5. The van der Waals surface area contributed by atoms with Crippen molar-refractivity contribution < 1.29 is 17.2 Å². The minimum absolute atomic E-state index is 0.140. The Morgan fingerprint density at radius 1 is 1.45 bits per heavy atom. The number of halogens is 3. The molecular formula is C12H15ClF2N2O2S. The Hall–Kier alpha value is -0.790. The van der Waals surface area contributed by atoms with Crippen molar-refractivity contribution in [3.05, 3.63) is 28.5 Å². The van der Waals surface area contributed by atoms with E-state index in [9.17, 15) is 17.2 Å². The summed E-state index contributed by atoms with van der Waals surface area (Å²) in [6.45, 7) is 0.589. The Balaban J connectivity index is 2.33. The molecule has 0 amide bonds. The predicted molar refractivity (Wildman–Crippen MR) is 72.6 cm³/mol. The quantitative estimate of drug-likeness (QED) is 0.803. The molecule has 1 unspecified atom stereocenters. The molecule has 2 rings (SSSR count). The van der Waals surface area contributed by atoms with Crippen LogP contribution in [0.2, 0.25) is 5.15 Å². The van der Waals surface area contributed by atoms with Crippen molar-refractivity contribution in [1.82, 2.24) is 9.29 Å². The molecule has 0 spiro atoms. The summed E-state index contributed by atoms with van der Waals surface area (Å²) in [6, 6.07) is 2.58. The SMILES string of the molecule is CS(=O)(=O)N1CCCC(c2nc(Cl)ccc2C(F)F)C1. The molecule has 2 heterocycles. The number of piperidine rings is 1. The molecule has 0 N–H and O–H groups in total. The molecule has 1 aromatic rings. The van der Waals surface area contributed by atoms with Crippen LogP contribution in [0.3, 0.4) is 0 Å². The minimum Gasteiger partial charge on any atom is -0.240 e. The van der Waals surface area contributed by atoms with E-state index in [-0.39, 0.29) is 28.9 Å². The van der Waals surface area contributed by atoms with Gasteiger partial charge in [0.25, 0.3) is 6.43 Å². The molecular weight excluding hydrogens is 310 g/mol. The van der Waals surface area contributed by atoms with Crippen LogP contribution < -0.4 is 0 Å². The standard InChI is InChI=1S/C12H15ClF2N2O2S/c1-20(18,19)17-6-2-3-8(7-17)11-9(12(14)15)4-5-10(13)16-11/h4-5,8,12H,2-3,6-7H2,1H3. The summed E-state index contributed by atoms with van der Waals surface area (Å²) in [5.74, 6) is -0.346. The van der Waals surface area contributed by atoms with Gasteiger partial charge >= 0.3 is 0 Å². The average Bonchev–Trinajstić information content (AvgIpc) is 2.37. The number of pyridine rings is 1. The summed E-state index contributed by atoms with van der Waals surface area (Å²) in [7, 11) is -3.32. The zero-order valence-electron chi connectivity index (χ0n) is 10.9. The normalized spacial score (nSPS) is 21.4. The molecule has 0 saturated carbocycles. The van der Waals surface area contributed by atoms with Crippen molar-refractivity contribution in [2.45, 2.75) is 25.2 Å². The van der Waals surface area contributed by atoms with Crippen molar-refractivity contribution >= 4 is 21.6 Å². The van der Waals surface area contributed by atoms with Gasteiger partial charge in [-0.15, -0.1) is 0 Å². The molecule has 1 aromatic heterocycles. The number of hydrogen-bond acceptors (Lipinski definition) is 3. The van der Waals surface area contributed by atoms with E-state index in [2.05, 4.69) is 4.98 Å². The zero-order chi connectivity index (χ0) is 14.9. The summed E-state index contributed by atoms with van der Waals surface area (Å²) in [5.41, 5.74) is 0.0376. The first-order valence-corrected chi connectivity index (χ1v) is 8.41. The van der Waals surface area contributed by atoms with Gasteiger partial charge in [-0.2, -0.15) is 0 Å². The molecule has 8 heteroatoms. The van der Waals surface area contributed by atoms with Crippen LogP contribution in [-0.2, 0) is 10.0 Å². The first kappa shape index (κ1) is 15.6. The molecule has 0 aliphatic carbocycles. The van der Waals surface area contributed by atoms with Crippen molar-refractivity contribution in [3.63, 3.8) is 0 Å². The van der Waals surface area contributed by atoms with E-state index in [4.69, 9.17) is 11.6 Å². The van der Waals surface area contributed by atoms with Crippen LogP contribution in [0.1, 0.15) is 36.4 Å². The van der Waals surface area contributed by atoms with E-state index in [1.54, 1.807) is 0 Å². The number of nitrogens with zero attached hydrogens (tertiary/aromatic N) is 2. The van der Waals surface area contributed by atoms with Gasteiger partial charge in [-0.05, 0) is 25.0 Å². The first-order chi connectivity index (χ1) is 9.29. The molecule has 0 radical (unpaired) electrons. The number of rotatable bonds is 3. The molecule has 0 aromatic carbocycles. The van der Waals surface area contributed by atoms with Crippen molar-refractivity contribution in [2.24, 2.45) is 0 Å². The van der Waals surface area contributed by atoms with E-state index in [0.29, 0.717) is 19.4 Å². The van der Waals surface area contributed by atoms with Crippen molar-refractivity contribution in [1.29, 1.82) is 0 Å². The summed E-state index contributed by atoms with van der Waals surface area (Å²) in [5, 5.41) is 0.140. The molecule has 1 saturated heterocycles. The predicted octanol–water partition coefficient (Wildman–Crippen LogP) is 2.81. The van der Waals surface area contributed by atoms with Gasteiger partial charge in [0.2, 0.25) is 10.0 Å². The zero-order valence-corrected chi connectivity index (χ0v) is 12.5. The Labute approximate surface area is 121 Å². The molecule has 0 bridgehead atoms. The Morgan fingerprint density at radius 2 is 2.15 bits per heavy atom. The van der Waals surface area contributed by atoms with Gasteiger partial charge in [-0.3, -0.25) is 0 Å². The lowest BCUT2D eigenvalue weighted by Gasteiger charge is -2.31. The monoisotopic (exact) mass is 324 g/mol. The van der Waals surface area contributed by atoms with Crippen molar-refractivity contribution in [2.75, 3.05) is 19.3 Å². The fourth-order valence-corrected chi connectivity index (χ4v) is 3.50. The Kier molecular flexibility index (Phi) is 4.61. The van der Waals surface area contributed by atoms with E-state index in [0.717, 1.165) is 6.26 Å². The van der Waals surface area contributed by atoms with E-state index >= 15 is 0 Å². The average molecular weight is 325 g/mol. The fraction of sp³-hybridized carbons (Fsp3) is 0.583. The van der Waals surface area contributed by atoms with Crippen LogP contribution in [0.15, 0.2) is 12.1 Å². The van der Waals surface area contributed by atoms with Gasteiger partial charge in [-0.25, -0.2) is 26.5 Å². The second kappa shape index (κ2) is 5.91. The number of aromatic nitrogens is 1. The largest absolute Gasteiger partial charge is 0.265 e. The highest BCUT2D eigenvalue weighted by Crippen LogP contribution is 2.33. The van der Waals surface area contributed by atoms with Gasteiger partial charge in [0.1, 0.15) is 5.15 Å². The van der Waals surface area contributed by atoms with Crippen LogP contribution in [0.4, 0.5) is 8.78 Å². The van der Waals surface area contributed by atoms with Gasteiger partial charge in [0.05, 0.1) is 11.9 Å². The van der Waals surface area contributed by atoms with Crippen LogP contribution in [0.5, 0.6) is 0 Å². The maximum absolute atomic E-state index is 13.0. The van der Waals surface area contributed by atoms with Crippen LogP contribution in [0, 0.1) is 0 Å². The third-order valence-corrected chi connectivity index (χ3v) is 4.88. The smallest absolute Gasteiger partial charge is 0.240 e. The third kappa shape index (κ3) is 3.45. The second-order valence-corrected chi connectivity index (χ2v) is 7.24. The highest BCUT2D eigenvalue weighted by Gasteiger charge is 2.30. The minimum atomic E-state index is -3.32. The molecule has 1 atom stereocenters. The third-order valence-electron chi connectivity index (χ3n) is 3.40. The number of hydrogen-bond donors (Lipinski definition) is 0. The van der Waals surface area contributed by atoms with E-state index in [1.165, 1.54) is 16.4 Å². The van der Waals surface area contributed by atoms with Crippen LogP contribution in [0.25, 0.3) is 0 Å². The van der Waals surface area contributed by atoms with Crippen LogP contribution in [-0.4, -0.2) is 37.1 Å². The molecule has 20 heavy (non-hydrogen) atoms. The second-order valence-electron chi connectivity index (χ2n) is 4.87. The molecule has 1 aliphatic heterocycles. The Morgan fingerprint density at radius 3 is 2.75 bits per heavy atom. The van der Waals surface area contributed by atoms with Gasteiger partial charge < -0.3 is 0 Å². The van der Waals surface area contributed by atoms with Crippen molar-refractivity contribution in [3.8, 4) is 0 Å². The number of sulfonamides is 1. The molecule has 1 fully saturated rings. The highest BCUT2D eigenvalue weighted by molar-refractivity contribution is 7.88. The van der Waals surface area contributed by atoms with Gasteiger partial charge in [-0.1, -0.05) is 11.6 Å². The first-order valence-electron chi connectivity index (χ1n) is 6.18.